The van der Waals surface area contributed by atoms with Crippen LogP contribution < -0.4 is 10.5 Å². The molecule has 5 nitrogen and oxygen atoms in total. The molecule has 3 N–H and O–H groups in total. The van der Waals surface area contributed by atoms with Gasteiger partial charge in [-0.3, -0.25) is 0 Å². The van der Waals surface area contributed by atoms with E-state index in [1.165, 1.54) is 12.1 Å². The van der Waals surface area contributed by atoms with Crippen LogP contribution in [0, 0.1) is 0 Å². The lowest BCUT2D eigenvalue weighted by Crippen LogP contribution is -2.24. The zero-order valence-electron chi connectivity index (χ0n) is 8.11. The first-order valence-corrected chi connectivity index (χ1v) is 4.66. The molecule has 0 spiro atoms. The van der Waals surface area contributed by atoms with E-state index in [9.17, 15) is 4.79 Å². The van der Waals surface area contributed by atoms with Crippen LogP contribution in [-0.4, -0.2) is 28.7 Å². The number of nitrogens with two attached hydrogens (primary N) is 1. The lowest BCUT2D eigenvalue weighted by molar-refractivity contribution is 0.0689. The first-order chi connectivity index (χ1) is 7.00. The third-order valence-corrected chi connectivity index (χ3v) is 1.82. The van der Waals surface area contributed by atoms with Gasteiger partial charge in [0.2, 0.25) is 5.88 Å². The van der Waals surface area contributed by atoms with Gasteiger partial charge in [-0.05, 0) is 13.0 Å². The van der Waals surface area contributed by atoms with Gasteiger partial charge in [0.25, 0.3) is 0 Å². The number of aromatic carboxylic acids is 1. The number of aromatic nitrogens is 1. The molecule has 1 aromatic heterocycles. The third-order valence-electron chi connectivity index (χ3n) is 1.52. The number of halogens is 1. The van der Waals surface area contributed by atoms with Crippen LogP contribution in [0.25, 0.3) is 0 Å². The highest BCUT2D eigenvalue weighted by atomic mass is 35.5. The molecule has 0 bridgehead atoms. The summed E-state index contributed by atoms with van der Waals surface area (Å²) < 4.78 is 5.16. The molecule has 0 aliphatic rings. The molecule has 0 fully saturated rings. The van der Waals surface area contributed by atoms with Crippen LogP contribution >= 0.6 is 11.6 Å². The third kappa shape index (κ3) is 3.38. The Kier molecular flexibility index (Phi) is 3.88. The molecule has 0 aromatic carbocycles. The van der Waals surface area contributed by atoms with Crippen molar-refractivity contribution in [2.75, 3.05) is 6.61 Å². The molecule has 1 rings (SSSR count). The quantitative estimate of drug-likeness (QED) is 0.811. The second-order valence-corrected chi connectivity index (χ2v) is 3.48. The predicted octanol–water partition coefficient (Wildman–Crippen LogP) is 1.16. The average Bonchev–Trinajstić information content (AvgIpc) is 2.16. The zero-order chi connectivity index (χ0) is 11.4. The van der Waals surface area contributed by atoms with E-state index in [-0.39, 0.29) is 29.2 Å². The van der Waals surface area contributed by atoms with E-state index in [0.29, 0.717) is 0 Å². The molecule has 0 radical (unpaired) electrons. The first kappa shape index (κ1) is 11.7. The smallest absolute Gasteiger partial charge is 0.356 e. The van der Waals surface area contributed by atoms with E-state index >= 15 is 0 Å². The van der Waals surface area contributed by atoms with Gasteiger partial charge in [0.1, 0.15) is 6.61 Å². The maximum absolute atomic E-state index is 10.7. The van der Waals surface area contributed by atoms with Crippen molar-refractivity contribution in [3.8, 4) is 5.88 Å². The Bertz CT molecular complexity index is 368. The number of nitrogens with zero attached hydrogens (tertiary/aromatic N) is 1. The van der Waals surface area contributed by atoms with Crippen molar-refractivity contribution in [3.05, 3.63) is 22.8 Å². The number of hydrogen-bond donors (Lipinski definition) is 2. The van der Waals surface area contributed by atoms with Crippen molar-refractivity contribution in [3.63, 3.8) is 0 Å². The van der Waals surface area contributed by atoms with Crippen molar-refractivity contribution < 1.29 is 14.6 Å². The molecule has 1 aromatic rings. The minimum Gasteiger partial charge on any atom is -0.476 e. The fourth-order valence-electron chi connectivity index (χ4n) is 0.871. The summed E-state index contributed by atoms with van der Waals surface area (Å²) in [6.45, 7) is 2.04. The highest BCUT2D eigenvalue weighted by Crippen LogP contribution is 2.17. The SMILES string of the molecule is CC(N)COc1ccc(Cl)c(C(=O)O)n1. The minimum atomic E-state index is -1.19. The lowest BCUT2D eigenvalue weighted by Gasteiger charge is -2.08. The first-order valence-electron chi connectivity index (χ1n) is 4.29. The van der Waals surface area contributed by atoms with Crippen molar-refractivity contribution in [1.82, 2.24) is 4.98 Å². The molecule has 0 aliphatic carbocycles. The Morgan fingerprint density at radius 1 is 1.73 bits per heavy atom. The van der Waals surface area contributed by atoms with Crippen LogP contribution in [-0.2, 0) is 0 Å². The highest BCUT2D eigenvalue weighted by Gasteiger charge is 2.12. The Morgan fingerprint density at radius 2 is 2.40 bits per heavy atom. The molecule has 0 aliphatic heterocycles. The second-order valence-electron chi connectivity index (χ2n) is 3.07. The average molecular weight is 231 g/mol. The van der Waals surface area contributed by atoms with Gasteiger partial charge in [0, 0.05) is 12.1 Å². The van der Waals surface area contributed by atoms with Gasteiger partial charge in [-0.2, -0.15) is 0 Å². The Hall–Kier alpha value is -1.33. The van der Waals surface area contributed by atoms with E-state index in [1.54, 1.807) is 6.92 Å². The number of ether oxygens (including phenoxy) is 1. The molecule has 1 atom stereocenters. The monoisotopic (exact) mass is 230 g/mol. The Balaban J connectivity index is 2.83. The second kappa shape index (κ2) is 4.95. The molecular formula is C9H11ClN2O3. The number of carboxylic acid groups (broad SMARTS) is 1. The van der Waals surface area contributed by atoms with Gasteiger partial charge >= 0.3 is 5.97 Å². The van der Waals surface area contributed by atoms with Crippen LogP contribution in [0.3, 0.4) is 0 Å². The molecule has 82 valence electrons. The van der Waals surface area contributed by atoms with Gasteiger partial charge in [-0.25, -0.2) is 9.78 Å². The number of hydrogen-bond acceptors (Lipinski definition) is 4. The fraction of sp³-hybridized carbons (Fsp3) is 0.333. The summed E-state index contributed by atoms with van der Waals surface area (Å²) in [4.78, 5) is 14.4. The normalized spacial score (nSPS) is 12.2. The Labute approximate surface area is 91.8 Å². The van der Waals surface area contributed by atoms with Crippen LogP contribution in [0.4, 0.5) is 0 Å². The highest BCUT2D eigenvalue weighted by molar-refractivity contribution is 6.33. The van der Waals surface area contributed by atoms with Crippen LogP contribution in [0.15, 0.2) is 12.1 Å². The number of carboxylic acids is 1. The molecular weight excluding hydrogens is 220 g/mol. The fourth-order valence-corrected chi connectivity index (χ4v) is 1.06. The van der Waals surface area contributed by atoms with Gasteiger partial charge < -0.3 is 15.6 Å². The van der Waals surface area contributed by atoms with Gasteiger partial charge in [0.15, 0.2) is 5.69 Å². The molecule has 1 heterocycles. The van der Waals surface area contributed by atoms with Crippen molar-refractivity contribution in [2.45, 2.75) is 13.0 Å². The lowest BCUT2D eigenvalue weighted by atomic mass is 10.3. The summed E-state index contributed by atoms with van der Waals surface area (Å²) in [5.41, 5.74) is 5.25. The molecule has 6 heteroatoms. The van der Waals surface area contributed by atoms with Crippen molar-refractivity contribution in [2.24, 2.45) is 5.73 Å². The predicted molar refractivity (Wildman–Crippen MR) is 55.4 cm³/mol. The zero-order valence-corrected chi connectivity index (χ0v) is 8.86. The van der Waals surface area contributed by atoms with E-state index in [0.717, 1.165) is 0 Å². The van der Waals surface area contributed by atoms with Crippen LogP contribution in [0.5, 0.6) is 5.88 Å². The van der Waals surface area contributed by atoms with E-state index in [4.69, 9.17) is 27.2 Å². The summed E-state index contributed by atoms with van der Waals surface area (Å²) in [6.07, 6.45) is 0. The largest absolute Gasteiger partial charge is 0.476 e. The number of rotatable bonds is 4. The van der Waals surface area contributed by atoms with E-state index in [2.05, 4.69) is 4.98 Å². The van der Waals surface area contributed by atoms with Gasteiger partial charge in [0.05, 0.1) is 5.02 Å². The standard InChI is InChI=1S/C9H11ClN2O3/c1-5(11)4-15-7-3-2-6(10)8(12-7)9(13)14/h2-3,5H,4,11H2,1H3,(H,13,14). The molecule has 0 saturated heterocycles. The maximum atomic E-state index is 10.7. The van der Waals surface area contributed by atoms with Crippen molar-refractivity contribution >= 4 is 17.6 Å². The molecule has 0 amide bonds. The van der Waals surface area contributed by atoms with Crippen LogP contribution in [0.1, 0.15) is 17.4 Å². The van der Waals surface area contributed by atoms with Crippen molar-refractivity contribution in [1.29, 1.82) is 0 Å². The maximum Gasteiger partial charge on any atom is 0.356 e. The number of carbonyl (C=O) groups is 1. The molecule has 0 saturated carbocycles. The summed E-state index contributed by atoms with van der Waals surface area (Å²) in [5, 5.41) is 8.82. The molecule has 15 heavy (non-hydrogen) atoms. The summed E-state index contributed by atoms with van der Waals surface area (Å²) in [6, 6.07) is 2.78. The summed E-state index contributed by atoms with van der Waals surface area (Å²) in [5.74, 6) is -0.986. The summed E-state index contributed by atoms with van der Waals surface area (Å²) in [7, 11) is 0. The Morgan fingerprint density at radius 3 is 2.93 bits per heavy atom. The van der Waals surface area contributed by atoms with E-state index < -0.39 is 5.97 Å². The minimum absolute atomic E-state index is 0.0793. The summed E-state index contributed by atoms with van der Waals surface area (Å²) >= 11 is 5.63. The van der Waals surface area contributed by atoms with Crippen LogP contribution in [0.2, 0.25) is 5.02 Å². The van der Waals surface area contributed by atoms with E-state index in [1.807, 2.05) is 0 Å². The number of pyridine rings is 1. The molecule has 1 unspecified atom stereocenters. The van der Waals surface area contributed by atoms with Gasteiger partial charge in [-0.15, -0.1) is 0 Å². The topological polar surface area (TPSA) is 85.4 Å². The van der Waals surface area contributed by atoms with Gasteiger partial charge in [-0.1, -0.05) is 11.6 Å².